The van der Waals surface area contributed by atoms with Crippen LogP contribution < -0.4 is 9.47 Å². The molecule has 0 spiro atoms. The van der Waals surface area contributed by atoms with Crippen LogP contribution in [0.1, 0.15) is 25.8 Å². The largest absolute Gasteiger partial charge is 0.493 e. The lowest BCUT2D eigenvalue weighted by Crippen LogP contribution is -2.08. The van der Waals surface area contributed by atoms with E-state index in [1.54, 1.807) is 12.1 Å². The molecule has 1 atom stereocenters. The standard InChI is InChI=1S/C15H19ClO4/c1-4-10(2)9-20-15-12(16)7-11(5-6-14(17)18)8-13(15)19-3/h5-8,10H,4,9H2,1-3H3,(H,17,18). The average Bonchev–Trinajstić information content (AvgIpc) is 2.42. The minimum absolute atomic E-state index is 0.401. The van der Waals surface area contributed by atoms with Gasteiger partial charge in [-0.1, -0.05) is 31.9 Å². The van der Waals surface area contributed by atoms with Crippen molar-refractivity contribution >= 4 is 23.6 Å². The van der Waals surface area contributed by atoms with E-state index >= 15 is 0 Å². The summed E-state index contributed by atoms with van der Waals surface area (Å²) in [7, 11) is 1.52. The molecule has 4 nitrogen and oxygen atoms in total. The summed E-state index contributed by atoms with van der Waals surface area (Å²) in [5.41, 5.74) is 0.644. The highest BCUT2D eigenvalue weighted by atomic mass is 35.5. The first-order valence-corrected chi connectivity index (χ1v) is 6.77. The van der Waals surface area contributed by atoms with Crippen LogP contribution in [0.15, 0.2) is 18.2 Å². The molecule has 1 unspecified atom stereocenters. The summed E-state index contributed by atoms with van der Waals surface area (Å²) < 4.78 is 10.9. The van der Waals surface area contributed by atoms with Crippen LogP contribution in [0.25, 0.3) is 6.08 Å². The van der Waals surface area contributed by atoms with Gasteiger partial charge in [0.25, 0.3) is 0 Å². The third-order valence-corrected chi connectivity index (χ3v) is 3.16. The summed E-state index contributed by atoms with van der Waals surface area (Å²) in [6, 6.07) is 3.34. The number of hydrogen-bond acceptors (Lipinski definition) is 3. The third-order valence-electron chi connectivity index (χ3n) is 2.88. The number of methoxy groups -OCH3 is 1. The van der Waals surface area contributed by atoms with E-state index < -0.39 is 5.97 Å². The number of carboxylic acids is 1. The molecule has 0 amide bonds. The summed E-state index contributed by atoms with van der Waals surface area (Å²) in [6.07, 6.45) is 3.51. The number of hydrogen-bond donors (Lipinski definition) is 1. The molecule has 0 bridgehead atoms. The normalized spacial score (nSPS) is 12.4. The van der Waals surface area contributed by atoms with Crippen LogP contribution in [0.2, 0.25) is 5.02 Å². The summed E-state index contributed by atoms with van der Waals surface area (Å²) in [5, 5.41) is 9.02. The maximum atomic E-state index is 10.5. The Balaban J connectivity index is 2.98. The van der Waals surface area contributed by atoms with Gasteiger partial charge in [-0.25, -0.2) is 4.79 Å². The van der Waals surface area contributed by atoms with Crippen molar-refractivity contribution < 1.29 is 19.4 Å². The minimum atomic E-state index is -1.02. The van der Waals surface area contributed by atoms with Crippen molar-refractivity contribution in [3.63, 3.8) is 0 Å². The second kappa shape index (κ2) is 7.80. The van der Waals surface area contributed by atoms with Crippen molar-refractivity contribution in [2.75, 3.05) is 13.7 Å². The maximum Gasteiger partial charge on any atom is 0.328 e. The zero-order valence-electron chi connectivity index (χ0n) is 11.9. The number of carbonyl (C=O) groups is 1. The monoisotopic (exact) mass is 298 g/mol. The molecule has 0 aliphatic rings. The Morgan fingerprint density at radius 2 is 2.20 bits per heavy atom. The fraction of sp³-hybridized carbons (Fsp3) is 0.400. The van der Waals surface area contributed by atoms with Gasteiger partial charge >= 0.3 is 5.97 Å². The fourth-order valence-electron chi connectivity index (χ4n) is 1.49. The molecule has 0 heterocycles. The average molecular weight is 299 g/mol. The van der Waals surface area contributed by atoms with Crippen molar-refractivity contribution in [1.82, 2.24) is 0 Å². The highest BCUT2D eigenvalue weighted by Crippen LogP contribution is 2.37. The van der Waals surface area contributed by atoms with Gasteiger partial charge in [-0.3, -0.25) is 0 Å². The number of ether oxygens (including phenoxy) is 2. The number of halogens is 1. The van der Waals surface area contributed by atoms with Gasteiger partial charge in [0.2, 0.25) is 0 Å². The van der Waals surface area contributed by atoms with E-state index in [0.29, 0.717) is 34.6 Å². The van der Waals surface area contributed by atoms with E-state index in [1.165, 1.54) is 13.2 Å². The van der Waals surface area contributed by atoms with E-state index in [1.807, 2.05) is 0 Å². The van der Waals surface area contributed by atoms with E-state index in [-0.39, 0.29) is 0 Å². The quantitative estimate of drug-likeness (QED) is 0.776. The zero-order valence-corrected chi connectivity index (χ0v) is 12.6. The van der Waals surface area contributed by atoms with E-state index in [2.05, 4.69) is 13.8 Å². The molecule has 1 aromatic carbocycles. The Morgan fingerprint density at radius 1 is 1.50 bits per heavy atom. The lowest BCUT2D eigenvalue weighted by molar-refractivity contribution is -0.131. The summed E-state index contributed by atoms with van der Waals surface area (Å²) in [6.45, 7) is 4.73. The second-order valence-corrected chi connectivity index (χ2v) is 4.94. The molecule has 0 radical (unpaired) electrons. The minimum Gasteiger partial charge on any atom is -0.493 e. The zero-order chi connectivity index (χ0) is 15.1. The molecular formula is C15H19ClO4. The molecule has 110 valence electrons. The number of carboxylic acid groups (broad SMARTS) is 1. The Labute approximate surface area is 124 Å². The first-order valence-electron chi connectivity index (χ1n) is 6.39. The van der Waals surface area contributed by atoms with Gasteiger partial charge < -0.3 is 14.6 Å². The topological polar surface area (TPSA) is 55.8 Å². The van der Waals surface area contributed by atoms with Crippen LogP contribution >= 0.6 is 11.6 Å². The Kier molecular flexibility index (Phi) is 6.39. The van der Waals surface area contributed by atoms with E-state index in [9.17, 15) is 4.79 Å². The number of benzene rings is 1. The maximum absolute atomic E-state index is 10.5. The molecule has 0 aromatic heterocycles. The van der Waals surface area contributed by atoms with Gasteiger partial charge in [0.15, 0.2) is 11.5 Å². The number of rotatable bonds is 7. The molecule has 20 heavy (non-hydrogen) atoms. The Hall–Kier alpha value is -1.68. The molecule has 0 aliphatic carbocycles. The van der Waals surface area contributed by atoms with Crippen molar-refractivity contribution in [1.29, 1.82) is 0 Å². The van der Waals surface area contributed by atoms with Crippen LogP contribution in [0.4, 0.5) is 0 Å². The van der Waals surface area contributed by atoms with Crippen LogP contribution in [0.3, 0.4) is 0 Å². The molecular weight excluding hydrogens is 280 g/mol. The third kappa shape index (κ3) is 4.78. The van der Waals surface area contributed by atoms with Crippen molar-refractivity contribution in [3.8, 4) is 11.5 Å². The SMILES string of the molecule is CCC(C)COc1c(Cl)cc(C=CC(=O)O)cc1OC. The van der Waals surface area contributed by atoms with Crippen LogP contribution in [0.5, 0.6) is 11.5 Å². The Morgan fingerprint density at radius 3 is 2.75 bits per heavy atom. The summed E-state index contributed by atoms with van der Waals surface area (Å²) in [4.78, 5) is 10.5. The molecule has 0 saturated heterocycles. The van der Waals surface area contributed by atoms with Crippen molar-refractivity contribution in [2.24, 2.45) is 5.92 Å². The first kappa shape index (κ1) is 16.4. The Bertz CT molecular complexity index is 497. The van der Waals surface area contributed by atoms with Gasteiger partial charge in [0.1, 0.15) is 0 Å². The van der Waals surface area contributed by atoms with Gasteiger partial charge in [-0.15, -0.1) is 0 Å². The molecule has 1 rings (SSSR count). The van der Waals surface area contributed by atoms with Crippen LogP contribution in [0, 0.1) is 5.92 Å². The van der Waals surface area contributed by atoms with E-state index in [0.717, 1.165) is 12.5 Å². The lowest BCUT2D eigenvalue weighted by atomic mass is 10.1. The lowest BCUT2D eigenvalue weighted by Gasteiger charge is -2.15. The van der Waals surface area contributed by atoms with Crippen molar-refractivity contribution in [2.45, 2.75) is 20.3 Å². The number of aliphatic carboxylic acids is 1. The first-order chi connectivity index (χ1) is 9.47. The molecule has 5 heteroatoms. The smallest absolute Gasteiger partial charge is 0.328 e. The van der Waals surface area contributed by atoms with Gasteiger partial charge in [0, 0.05) is 6.08 Å². The predicted octanol–water partition coefficient (Wildman–Crippen LogP) is 3.87. The molecule has 1 N–H and O–H groups in total. The molecule has 0 aliphatic heterocycles. The molecule has 1 aromatic rings. The summed E-state index contributed by atoms with van der Waals surface area (Å²) >= 11 is 6.17. The van der Waals surface area contributed by atoms with Gasteiger partial charge in [0.05, 0.1) is 18.7 Å². The summed E-state index contributed by atoms with van der Waals surface area (Å²) in [5.74, 6) is 0.382. The molecule has 0 fully saturated rings. The molecule has 0 saturated carbocycles. The highest BCUT2D eigenvalue weighted by molar-refractivity contribution is 6.32. The second-order valence-electron chi connectivity index (χ2n) is 4.53. The predicted molar refractivity (Wildman–Crippen MR) is 79.6 cm³/mol. The van der Waals surface area contributed by atoms with Gasteiger partial charge in [-0.05, 0) is 29.7 Å². The van der Waals surface area contributed by atoms with Crippen LogP contribution in [-0.4, -0.2) is 24.8 Å². The van der Waals surface area contributed by atoms with Gasteiger partial charge in [-0.2, -0.15) is 0 Å². The fourth-order valence-corrected chi connectivity index (χ4v) is 1.76. The van der Waals surface area contributed by atoms with Crippen molar-refractivity contribution in [3.05, 3.63) is 28.8 Å². The van der Waals surface area contributed by atoms with Crippen LogP contribution in [-0.2, 0) is 4.79 Å². The van der Waals surface area contributed by atoms with E-state index in [4.69, 9.17) is 26.2 Å². The highest BCUT2D eigenvalue weighted by Gasteiger charge is 2.12.